The minimum Gasteiger partial charge on any atom is -0.508 e. The molecule has 0 fully saturated rings. The standard InChI is InChI=1S/C23H17Cl2IN2O3/c1-12(13-2-4-14(24)5-3-13)28-21(17-8-6-15(25)10-20(17)29)22(30)27-19-9-7-16(26)11-18(19)23(28)31/h2-12,21,29H,1H3,(H,27,30)/t12?,21-/m0/s1. The highest BCUT2D eigenvalue weighted by Gasteiger charge is 2.40. The van der Waals surface area contributed by atoms with Crippen molar-refractivity contribution in [3.63, 3.8) is 0 Å². The highest BCUT2D eigenvalue weighted by molar-refractivity contribution is 14.1. The van der Waals surface area contributed by atoms with E-state index in [0.717, 1.165) is 9.13 Å². The number of aromatic hydroxyl groups is 1. The van der Waals surface area contributed by atoms with Crippen molar-refractivity contribution in [2.75, 3.05) is 5.32 Å². The molecule has 8 heteroatoms. The number of halogens is 3. The number of rotatable bonds is 3. The Kier molecular flexibility index (Phi) is 6.14. The van der Waals surface area contributed by atoms with Crippen molar-refractivity contribution in [1.29, 1.82) is 0 Å². The van der Waals surface area contributed by atoms with Gasteiger partial charge >= 0.3 is 0 Å². The second kappa shape index (κ2) is 8.68. The van der Waals surface area contributed by atoms with E-state index in [0.29, 0.717) is 26.9 Å². The van der Waals surface area contributed by atoms with Gasteiger partial charge in [-0.1, -0.05) is 41.4 Å². The van der Waals surface area contributed by atoms with E-state index in [1.807, 2.05) is 25.1 Å². The summed E-state index contributed by atoms with van der Waals surface area (Å²) in [4.78, 5) is 28.6. The van der Waals surface area contributed by atoms with Crippen molar-refractivity contribution >= 4 is 63.3 Å². The highest BCUT2D eigenvalue weighted by Crippen LogP contribution is 2.40. The first-order chi connectivity index (χ1) is 14.8. The predicted octanol–water partition coefficient (Wildman–Crippen LogP) is 6.20. The number of anilines is 1. The molecule has 2 N–H and O–H groups in total. The number of amides is 2. The average Bonchev–Trinajstić information content (AvgIpc) is 2.83. The number of carbonyl (C=O) groups excluding carboxylic acids is 2. The van der Waals surface area contributed by atoms with Crippen LogP contribution in [0.15, 0.2) is 60.7 Å². The number of phenolic OH excluding ortho intramolecular Hbond substituents is 1. The third-order valence-corrected chi connectivity index (χ3v) is 6.45. The van der Waals surface area contributed by atoms with E-state index in [1.165, 1.54) is 11.0 Å². The number of hydrogen-bond donors (Lipinski definition) is 2. The molecular weight excluding hydrogens is 550 g/mol. The monoisotopic (exact) mass is 566 g/mol. The van der Waals surface area contributed by atoms with Gasteiger partial charge in [0.15, 0.2) is 0 Å². The molecule has 3 aromatic rings. The summed E-state index contributed by atoms with van der Waals surface area (Å²) in [5.74, 6) is -0.908. The van der Waals surface area contributed by atoms with Gasteiger partial charge in [0.1, 0.15) is 11.8 Å². The van der Waals surface area contributed by atoms with Crippen molar-refractivity contribution in [3.8, 4) is 5.75 Å². The minimum atomic E-state index is -1.07. The molecule has 158 valence electrons. The second-order valence-corrected chi connectivity index (χ2v) is 9.34. The molecule has 0 bridgehead atoms. The van der Waals surface area contributed by atoms with E-state index in [9.17, 15) is 14.7 Å². The predicted molar refractivity (Wildman–Crippen MR) is 130 cm³/mol. The summed E-state index contributed by atoms with van der Waals surface area (Å²) >= 11 is 14.2. The van der Waals surface area contributed by atoms with Gasteiger partial charge in [0.05, 0.1) is 17.3 Å². The van der Waals surface area contributed by atoms with Gasteiger partial charge in [-0.05, 0) is 77.5 Å². The quantitative estimate of drug-likeness (QED) is 0.371. The molecule has 0 radical (unpaired) electrons. The Morgan fingerprint density at radius 1 is 1.00 bits per heavy atom. The number of nitrogens with one attached hydrogen (secondary N) is 1. The van der Waals surface area contributed by atoms with Gasteiger partial charge in [0.2, 0.25) is 0 Å². The van der Waals surface area contributed by atoms with Gasteiger partial charge in [0.25, 0.3) is 11.8 Å². The zero-order chi connectivity index (χ0) is 22.3. The minimum absolute atomic E-state index is 0.158. The third-order valence-electron chi connectivity index (χ3n) is 5.29. The van der Waals surface area contributed by atoms with Gasteiger partial charge in [0, 0.05) is 19.2 Å². The molecule has 2 amide bonds. The van der Waals surface area contributed by atoms with Gasteiger partial charge in [-0.3, -0.25) is 9.59 Å². The lowest BCUT2D eigenvalue weighted by Gasteiger charge is -2.35. The fraction of sp³-hybridized carbons (Fsp3) is 0.130. The summed E-state index contributed by atoms with van der Waals surface area (Å²) in [6.07, 6.45) is 0. The number of nitrogens with zero attached hydrogens (tertiary/aromatic N) is 1. The van der Waals surface area contributed by atoms with Crippen LogP contribution in [-0.4, -0.2) is 21.8 Å². The highest BCUT2D eigenvalue weighted by atomic mass is 127. The van der Waals surface area contributed by atoms with E-state index in [4.69, 9.17) is 23.2 Å². The van der Waals surface area contributed by atoms with Crippen LogP contribution in [0.5, 0.6) is 5.75 Å². The van der Waals surface area contributed by atoms with Crippen LogP contribution in [0.1, 0.15) is 40.5 Å². The van der Waals surface area contributed by atoms with E-state index < -0.39 is 18.0 Å². The molecule has 0 saturated heterocycles. The summed E-state index contributed by atoms with van der Waals surface area (Å²) in [5.41, 5.74) is 1.91. The number of phenols is 1. The zero-order valence-corrected chi connectivity index (χ0v) is 19.9. The number of benzene rings is 3. The van der Waals surface area contributed by atoms with Crippen LogP contribution in [-0.2, 0) is 4.79 Å². The maximum atomic E-state index is 13.8. The van der Waals surface area contributed by atoms with Crippen LogP contribution < -0.4 is 5.32 Å². The Morgan fingerprint density at radius 3 is 2.35 bits per heavy atom. The van der Waals surface area contributed by atoms with Crippen LogP contribution in [0.2, 0.25) is 10.0 Å². The summed E-state index contributed by atoms with van der Waals surface area (Å²) in [7, 11) is 0. The lowest BCUT2D eigenvalue weighted by molar-refractivity contribution is -0.121. The molecule has 1 unspecified atom stereocenters. The average molecular weight is 567 g/mol. The molecule has 0 spiro atoms. The van der Waals surface area contributed by atoms with Crippen molar-refractivity contribution in [1.82, 2.24) is 4.90 Å². The molecule has 1 heterocycles. The van der Waals surface area contributed by atoms with E-state index in [1.54, 1.807) is 36.4 Å². The molecule has 1 aliphatic heterocycles. The van der Waals surface area contributed by atoms with Crippen LogP contribution in [0.4, 0.5) is 5.69 Å². The Morgan fingerprint density at radius 2 is 1.68 bits per heavy atom. The van der Waals surface area contributed by atoms with E-state index >= 15 is 0 Å². The first-order valence-electron chi connectivity index (χ1n) is 9.43. The fourth-order valence-corrected chi connectivity index (χ4v) is 4.51. The topological polar surface area (TPSA) is 69.6 Å². The Labute approximate surface area is 203 Å². The van der Waals surface area contributed by atoms with Crippen LogP contribution >= 0.6 is 45.8 Å². The molecule has 4 rings (SSSR count). The molecule has 0 aromatic heterocycles. The zero-order valence-electron chi connectivity index (χ0n) is 16.3. The third kappa shape index (κ3) is 4.24. The van der Waals surface area contributed by atoms with Crippen molar-refractivity contribution in [2.45, 2.75) is 19.0 Å². The summed E-state index contributed by atoms with van der Waals surface area (Å²) in [6, 6.07) is 15.3. The largest absolute Gasteiger partial charge is 0.508 e. The van der Waals surface area contributed by atoms with Crippen LogP contribution in [0.25, 0.3) is 0 Å². The van der Waals surface area contributed by atoms with Crippen molar-refractivity contribution in [3.05, 3.63) is 91.0 Å². The lowest BCUT2D eigenvalue weighted by atomic mass is 9.98. The Bertz CT molecular complexity index is 1180. The van der Waals surface area contributed by atoms with Gasteiger partial charge in [-0.25, -0.2) is 0 Å². The fourth-order valence-electron chi connectivity index (χ4n) is 3.73. The van der Waals surface area contributed by atoms with Gasteiger partial charge in [-0.2, -0.15) is 0 Å². The van der Waals surface area contributed by atoms with E-state index in [-0.39, 0.29) is 11.7 Å². The summed E-state index contributed by atoms with van der Waals surface area (Å²) in [5, 5.41) is 14.3. The maximum absolute atomic E-state index is 13.8. The summed E-state index contributed by atoms with van der Waals surface area (Å²) < 4.78 is 0.867. The number of carbonyl (C=O) groups is 2. The first kappa shape index (κ1) is 21.9. The number of hydrogen-bond acceptors (Lipinski definition) is 3. The first-order valence-corrected chi connectivity index (χ1v) is 11.3. The van der Waals surface area contributed by atoms with Crippen LogP contribution in [0, 0.1) is 3.57 Å². The van der Waals surface area contributed by atoms with Crippen molar-refractivity contribution < 1.29 is 14.7 Å². The maximum Gasteiger partial charge on any atom is 0.257 e. The molecule has 0 aliphatic carbocycles. The smallest absolute Gasteiger partial charge is 0.257 e. The normalized spacial score (nSPS) is 17.0. The molecule has 0 saturated carbocycles. The molecule has 2 atom stereocenters. The van der Waals surface area contributed by atoms with Crippen LogP contribution in [0.3, 0.4) is 0 Å². The van der Waals surface area contributed by atoms with Gasteiger partial charge in [-0.15, -0.1) is 0 Å². The molecule has 1 aliphatic rings. The second-order valence-electron chi connectivity index (χ2n) is 7.22. The lowest BCUT2D eigenvalue weighted by Crippen LogP contribution is -2.40. The summed E-state index contributed by atoms with van der Waals surface area (Å²) in [6.45, 7) is 1.84. The Balaban J connectivity index is 1.91. The Hall–Kier alpha value is -2.29. The molecule has 3 aromatic carbocycles. The SMILES string of the molecule is CC(c1ccc(Cl)cc1)N1C(=O)c2cc(I)ccc2NC(=O)[C@@H]1c1ccc(Cl)cc1O. The van der Waals surface area contributed by atoms with Gasteiger partial charge < -0.3 is 15.3 Å². The molecular formula is C23H17Cl2IN2O3. The molecule has 5 nitrogen and oxygen atoms in total. The van der Waals surface area contributed by atoms with E-state index in [2.05, 4.69) is 27.9 Å². The molecule has 31 heavy (non-hydrogen) atoms. The van der Waals surface area contributed by atoms with Crippen molar-refractivity contribution in [2.24, 2.45) is 0 Å². The number of fused-ring (bicyclic) bond motifs is 1.